The molecule has 0 aromatic carbocycles. The average molecular weight is 350 g/mol. The fraction of sp³-hybridized carbons (Fsp3) is 0.688. The van der Waals surface area contributed by atoms with Crippen molar-refractivity contribution in [3.8, 4) is 0 Å². The lowest BCUT2D eigenvalue weighted by molar-refractivity contribution is -0.151. The van der Waals surface area contributed by atoms with E-state index in [4.69, 9.17) is 0 Å². The number of aromatic nitrogens is 3. The Morgan fingerprint density at radius 2 is 1.88 bits per heavy atom. The fourth-order valence-corrected chi connectivity index (χ4v) is 3.00. The van der Waals surface area contributed by atoms with Crippen molar-refractivity contribution in [2.24, 2.45) is 0 Å². The summed E-state index contributed by atoms with van der Waals surface area (Å²) < 4.78 is 1.70. The molecule has 25 heavy (non-hydrogen) atoms. The predicted molar refractivity (Wildman–Crippen MR) is 90.6 cm³/mol. The van der Waals surface area contributed by atoms with Crippen LogP contribution in [0.2, 0.25) is 0 Å². The molecule has 2 heterocycles. The molecule has 1 unspecified atom stereocenters. The minimum absolute atomic E-state index is 0.0858. The summed E-state index contributed by atoms with van der Waals surface area (Å²) in [4.78, 5) is 45.7. The van der Waals surface area contributed by atoms with E-state index in [2.05, 4.69) is 10.1 Å². The second kappa shape index (κ2) is 7.62. The number of likely N-dealkylation sites (N-methyl/N-ethyl adjacent to an activating group) is 1. The van der Waals surface area contributed by atoms with Crippen LogP contribution in [0.15, 0.2) is 0 Å². The van der Waals surface area contributed by atoms with Crippen molar-refractivity contribution in [2.45, 2.75) is 39.8 Å². The summed E-state index contributed by atoms with van der Waals surface area (Å²) in [6, 6.07) is -0.640. The zero-order valence-electron chi connectivity index (χ0n) is 15.5. The summed E-state index contributed by atoms with van der Waals surface area (Å²) in [6.45, 7) is 6.58. The molecular weight excluding hydrogens is 324 g/mol. The minimum Gasteiger partial charge on any atom is -0.347 e. The van der Waals surface area contributed by atoms with Crippen molar-refractivity contribution in [3.63, 3.8) is 0 Å². The van der Waals surface area contributed by atoms with E-state index in [1.54, 1.807) is 35.5 Å². The highest BCUT2D eigenvalue weighted by atomic mass is 16.2. The molecule has 0 saturated carbocycles. The van der Waals surface area contributed by atoms with Gasteiger partial charge in [-0.3, -0.25) is 14.4 Å². The maximum Gasteiger partial charge on any atom is 0.246 e. The lowest BCUT2D eigenvalue weighted by Gasteiger charge is -2.41. The Morgan fingerprint density at radius 1 is 1.20 bits per heavy atom. The van der Waals surface area contributed by atoms with Gasteiger partial charge in [0, 0.05) is 40.5 Å². The first-order valence-corrected chi connectivity index (χ1v) is 8.35. The molecule has 0 spiro atoms. The van der Waals surface area contributed by atoms with Crippen molar-refractivity contribution in [2.75, 3.05) is 33.7 Å². The smallest absolute Gasteiger partial charge is 0.246 e. The van der Waals surface area contributed by atoms with Crippen LogP contribution in [0.5, 0.6) is 0 Å². The fourth-order valence-electron chi connectivity index (χ4n) is 3.00. The first-order chi connectivity index (χ1) is 11.7. The molecule has 1 aromatic rings. The van der Waals surface area contributed by atoms with Crippen molar-refractivity contribution in [1.29, 1.82) is 0 Å². The Kier molecular flexibility index (Phi) is 5.76. The molecule has 1 atom stereocenters. The number of amides is 3. The van der Waals surface area contributed by atoms with Crippen LogP contribution in [0.1, 0.15) is 25.0 Å². The van der Waals surface area contributed by atoms with Gasteiger partial charge in [-0.15, -0.1) is 0 Å². The highest BCUT2D eigenvalue weighted by Gasteiger charge is 2.36. The first kappa shape index (κ1) is 18.9. The molecule has 9 heteroatoms. The maximum atomic E-state index is 12.7. The SMILES string of the molecule is CC(=O)N1CCN(C(=O)CCn2nc(C)nc2C)C(C(=O)N(C)C)C1. The zero-order valence-corrected chi connectivity index (χ0v) is 15.5. The molecule has 2 rings (SSSR count). The lowest BCUT2D eigenvalue weighted by Crippen LogP contribution is -2.61. The molecule has 0 aliphatic carbocycles. The highest BCUT2D eigenvalue weighted by Crippen LogP contribution is 2.14. The summed E-state index contributed by atoms with van der Waals surface area (Å²) in [6.07, 6.45) is 0.237. The van der Waals surface area contributed by atoms with Gasteiger partial charge >= 0.3 is 0 Å². The van der Waals surface area contributed by atoms with E-state index in [1.165, 1.54) is 11.8 Å². The number of aryl methyl sites for hydroxylation is 3. The molecule has 0 radical (unpaired) electrons. The van der Waals surface area contributed by atoms with Crippen LogP contribution in [0.4, 0.5) is 0 Å². The Balaban J connectivity index is 2.08. The van der Waals surface area contributed by atoms with Crippen LogP contribution in [0.3, 0.4) is 0 Å². The van der Waals surface area contributed by atoms with E-state index < -0.39 is 6.04 Å². The van der Waals surface area contributed by atoms with Gasteiger partial charge in [-0.2, -0.15) is 5.10 Å². The molecule has 1 fully saturated rings. The monoisotopic (exact) mass is 350 g/mol. The topological polar surface area (TPSA) is 91.6 Å². The van der Waals surface area contributed by atoms with Gasteiger partial charge in [0.25, 0.3) is 0 Å². The van der Waals surface area contributed by atoms with Crippen molar-refractivity contribution in [3.05, 3.63) is 11.6 Å². The number of nitrogens with zero attached hydrogens (tertiary/aromatic N) is 6. The summed E-state index contributed by atoms with van der Waals surface area (Å²) in [5, 5.41) is 4.25. The third-order valence-corrected chi connectivity index (χ3v) is 4.37. The van der Waals surface area contributed by atoms with Gasteiger partial charge in [-0.25, -0.2) is 9.67 Å². The molecule has 1 aromatic heterocycles. The molecule has 1 aliphatic rings. The van der Waals surface area contributed by atoms with Crippen molar-refractivity contribution < 1.29 is 14.4 Å². The van der Waals surface area contributed by atoms with Gasteiger partial charge in [0.05, 0.1) is 13.1 Å². The number of piperazine rings is 1. The first-order valence-electron chi connectivity index (χ1n) is 8.35. The quantitative estimate of drug-likeness (QED) is 0.725. The third-order valence-electron chi connectivity index (χ3n) is 4.37. The average Bonchev–Trinajstić information content (AvgIpc) is 2.88. The molecule has 9 nitrogen and oxygen atoms in total. The standard InChI is InChI=1S/C16H26N6O3/c1-11-17-12(2)22(18-11)7-6-15(24)21-9-8-20(13(3)23)10-14(21)16(25)19(4)5/h14H,6-10H2,1-5H3. The van der Waals surface area contributed by atoms with Crippen LogP contribution in [0.25, 0.3) is 0 Å². The van der Waals surface area contributed by atoms with Crippen molar-refractivity contribution >= 4 is 17.7 Å². The molecule has 3 amide bonds. The van der Waals surface area contributed by atoms with Gasteiger partial charge in [0.1, 0.15) is 17.7 Å². The Morgan fingerprint density at radius 3 is 2.40 bits per heavy atom. The summed E-state index contributed by atoms with van der Waals surface area (Å²) in [5.41, 5.74) is 0. The van der Waals surface area contributed by atoms with E-state index in [0.29, 0.717) is 25.5 Å². The van der Waals surface area contributed by atoms with Crippen LogP contribution in [0, 0.1) is 13.8 Å². The van der Waals surface area contributed by atoms with Crippen LogP contribution in [-0.2, 0) is 20.9 Å². The summed E-state index contributed by atoms with van der Waals surface area (Å²) in [7, 11) is 3.30. The van der Waals surface area contributed by atoms with Gasteiger partial charge < -0.3 is 14.7 Å². The number of carbonyl (C=O) groups excluding carboxylic acids is 3. The van der Waals surface area contributed by atoms with E-state index >= 15 is 0 Å². The van der Waals surface area contributed by atoms with Gasteiger partial charge in [0.2, 0.25) is 17.7 Å². The van der Waals surface area contributed by atoms with Crippen molar-refractivity contribution in [1.82, 2.24) is 29.5 Å². The van der Waals surface area contributed by atoms with Crippen LogP contribution >= 0.6 is 0 Å². The number of rotatable bonds is 4. The Bertz CT molecular complexity index is 669. The minimum atomic E-state index is -0.640. The van der Waals surface area contributed by atoms with E-state index in [0.717, 1.165) is 5.82 Å². The largest absolute Gasteiger partial charge is 0.347 e. The highest BCUT2D eigenvalue weighted by molar-refractivity contribution is 5.88. The maximum absolute atomic E-state index is 12.7. The van der Waals surface area contributed by atoms with E-state index in [9.17, 15) is 14.4 Å². The number of hydrogen-bond acceptors (Lipinski definition) is 5. The molecule has 0 N–H and O–H groups in total. The van der Waals surface area contributed by atoms with Crippen LogP contribution < -0.4 is 0 Å². The third kappa shape index (κ3) is 4.34. The van der Waals surface area contributed by atoms with Gasteiger partial charge in [-0.05, 0) is 13.8 Å². The Hall–Kier alpha value is -2.45. The molecule has 0 bridgehead atoms. The Labute approximate surface area is 147 Å². The van der Waals surface area contributed by atoms with E-state index in [1.807, 2.05) is 6.92 Å². The van der Waals surface area contributed by atoms with Gasteiger partial charge in [-0.1, -0.05) is 0 Å². The normalized spacial score (nSPS) is 17.6. The second-order valence-corrected chi connectivity index (χ2v) is 6.48. The molecule has 1 saturated heterocycles. The van der Waals surface area contributed by atoms with Gasteiger partial charge in [0.15, 0.2) is 0 Å². The van der Waals surface area contributed by atoms with E-state index in [-0.39, 0.29) is 30.7 Å². The lowest BCUT2D eigenvalue weighted by atomic mass is 10.1. The summed E-state index contributed by atoms with van der Waals surface area (Å²) in [5.74, 6) is 1.05. The molecule has 138 valence electrons. The zero-order chi connectivity index (χ0) is 18.7. The molecule has 1 aliphatic heterocycles. The predicted octanol–water partition coefficient (Wildman–Crippen LogP) is -0.567. The number of carbonyl (C=O) groups is 3. The summed E-state index contributed by atoms with van der Waals surface area (Å²) >= 11 is 0. The van der Waals surface area contributed by atoms with Crippen LogP contribution in [-0.4, -0.2) is 87.0 Å². The second-order valence-electron chi connectivity index (χ2n) is 6.48. The molecular formula is C16H26N6O3. The number of hydrogen-bond donors (Lipinski definition) is 0.